The zero-order valence-corrected chi connectivity index (χ0v) is 19.2. The van der Waals surface area contributed by atoms with Crippen LogP contribution in [-0.2, 0) is 9.22 Å². The second-order valence-electron chi connectivity index (χ2n) is 11.2. The number of carbonyl (C=O) groups is 1. The predicted octanol–water partition coefficient (Wildman–Crippen LogP) is 6.52. The van der Waals surface area contributed by atoms with Crippen LogP contribution in [0.25, 0.3) is 0 Å². The Labute approximate surface area is 162 Å². The van der Waals surface area contributed by atoms with Crippen LogP contribution in [0.4, 0.5) is 0 Å². The summed E-state index contributed by atoms with van der Waals surface area (Å²) in [6.45, 7) is 16.4. The highest BCUT2D eigenvalue weighted by Crippen LogP contribution is 2.52. The maximum atomic E-state index is 13.3. The molecule has 4 atom stereocenters. The van der Waals surface area contributed by atoms with Crippen molar-refractivity contribution in [1.29, 1.82) is 0 Å². The van der Waals surface area contributed by atoms with E-state index in [9.17, 15) is 4.79 Å². The lowest BCUT2D eigenvalue weighted by Gasteiger charge is -2.45. The Balaban J connectivity index is 1.88. The minimum Gasteiger partial charge on any atom is -0.414 e. The van der Waals surface area contributed by atoms with Crippen molar-refractivity contribution in [2.24, 2.45) is 23.2 Å². The van der Waals surface area contributed by atoms with Gasteiger partial charge in [0, 0.05) is 18.4 Å². The van der Waals surface area contributed by atoms with Gasteiger partial charge in [-0.2, -0.15) is 0 Å². The fourth-order valence-corrected chi connectivity index (χ4v) is 6.72. The van der Waals surface area contributed by atoms with Gasteiger partial charge in [-0.05, 0) is 67.5 Å². The van der Waals surface area contributed by atoms with E-state index in [1.54, 1.807) is 5.57 Å². The Morgan fingerprint density at radius 2 is 1.85 bits per heavy atom. The summed E-state index contributed by atoms with van der Waals surface area (Å²) >= 11 is 0. The molecule has 0 N–H and O–H groups in total. The zero-order valence-electron chi connectivity index (χ0n) is 18.2. The second-order valence-corrected chi connectivity index (χ2v) is 16.0. The van der Waals surface area contributed by atoms with Gasteiger partial charge in [0.1, 0.15) is 5.78 Å². The highest BCUT2D eigenvalue weighted by molar-refractivity contribution is 6.74. The SMILES string of the molecule is CC1(C)/C2=C/C[C@H]3[C@H](O[Si](C)(C)C(C)(C)C)CCC[C@H]3C(=O)CC1CC2. The van der Waals surface area contributed by atoms with Crippen molar-refractivity contribution < 1.29 is 9.22 Å². The molecule has 148 valence electrons. The van der Waals surface area contributed by atoms with Crippen LogP contribution in [0.5, 0.6) is 0 Å². The van der Waals surface area contributed by atoms with Gasteiger partial charge >= 0.3 is 0 Å². The van der Waals surface area contributed by atoms with E-state index in [2.05, 4.69) is 53.8 Å². The van der Waals surface area contributed by atoms with Crippen LogP contribution >= 0.6 is 0 Å². The summed E-state index contributed by atoms with van der Waals surface area (Å²) in [5.41, 5.74) is 1.81. The van der Waals surface area contributed by atoms with Gasteiger partial charge in [0.15, 0.2) is 8.32 Å². The molecule has 0 aromatic heterocycles. The minimum atomic E-state index is -1.81. The molecule has 0 spiro atoms. The lowest BCUT2D eigenvalue weighted by Crippen LogP contribution is -2.49. The number of hydrogen-bond donors (Lipinski definition) is 0. The molecule has 3 rings (SSSR count). The van der Waals surface area contributed by atoms with Crippen LogP contribution in [0.2, 0.25) is 18.1 Å². The molecule has 26 heavy (non-hydrogen) atoms. The van der Waals surface area contributed by atoms with E-state index in [0.29, 0.717) is 17.6 Å². The Bertz CT molecular complexity index is 582. The first kappa shape index (κ1) is 20.3. The molecule has 3 heteroatoms. The third-order valence-corrected chi connectivity index (χ3v) is 12.9. The number of rotatable bonds is 2. The predicted molar refractivity (Wildman–Crippen MR) is 112 cm³/mol. The van der Waals surface area contributed by atoms with E-state index >= 15 is 0 Å². The molecule has 2 nitrogen and oxygen atoms in total. The monoisotopic (exact) mass is 376 g/mol. The highest BCUT2D eigenvalue weighted by atomic mass is 28.4. The van der Waals surface area contributed by atoms with E-state index in [-0.39, 0.29) is 22.5 Å². The van der Waals surface area contributed by atoms with E-state index in [1.165, 1.54) is 12.8 Å². The molecule has 0 aliphatic heterocycles. The molecule has 2 bridgehead atoms. The minimum absolute atomic E-state index is 0.207. The number of Topliss-reactive ketones (excluding diaryl/α,β-unsaturated/α-hetero) is 1. The standard InChI is InChI=1S/C23H40O2Si/c1-22(2,3)26(6,7)25-21-10-8-9-18-19(21)14-13-16-11-12-17(15-20(18)24)23(16,4)5/h13,17-19,21H,8-12,14-15H2,1-7H3/b16-13+/t17?,18-,19-,21-/m1/s1. The molecule has 3 aliphatic carbocycles. The van der Waals surface area contributed by atoms with Gasteiger partial charge in [-0.25, -0.2) is 0 Å². The molecule has 1 unspecified atom stereocenters. The fraction of sp³-hybridized carbons (Fsp3) is 0.870. The average molecular weight is 377 g/mol. The van der Waals surface area contributed by atoms with Crippen LogP contribution in [0.1, 0.15) is 79.6 Å². The quantitative estimate of drug-likeness (QED) is 0.405. The zero-order chi connectivity index (χ0) is 19.3. The van der Waals surface area contributed by atoms with E-state index in [1.807, 2.05) is 0 Å². The van der Waals surface area contributed by atoms with E-state index in [0.717, 1.165) is 32.1 Å². The lowest BCUT2D eigenvalue weighted by molar-refractivity contribution is -0.129. The lowest BCUT2D eigenvalue weighted by atomic mass is 9.71. The average Bonchev–Trinajstić information content (AvgIpc) is 2.80. The number of ketones is 1. The van der Waals surface area contributed by atoms with Crippen molar-refractivity contribution in [3.8, 4) is 0 Å². The van der Waals surface area contributed by atoms with Crippen molar-refractivity contribution in [2.75, 3.05) is 0 Å². The molecule has 0 amide bonds. The van der Waals surface area contributed by atoms with Crippen LogP contribution in [-0.4, -0.2) is 20.2 Å². The van der Waals surface area contributed by atoms with Gasteiger partial charge in [0.05, 0.1) is 0 Å². The smallest absolute Gasteiger partial charge is 0.192 e. The normalized spacial score (nSPS) is 37.2. The Kier molecular flexibility index (Phi) is 5.38. The van der Waals surface area contributed by atoms with E-state index in [4.69, 9.17) is 4.43 Å². The van der Waals surface area contributed by atoms with Gasteiger partial charge in [-0.1, -0.05) is 52.7 Å². The third-order valence-electron chi connectivity index (χ3n) is 8.36. The molecule has 2 saturated carbocycles. The highest BCUT2D eigenvalue weighted by Gasteiger charge is 2.47. The van der Waals surface area contributed by atoms with E-state index < -0.39 is 8.32 Å². The van der Waals surface area contributed by atoms with Crippen LogP contribution in [0.15, 0.2) is 11.6 Å². The summed E-state index contributed by atoms with van der Waals surface area (Å²) in [6, 6.07) is 0. The molecular formula is C23H40O2Si. The molecule has 0 radical (unpaired) electrons. The van der Waals surface area contributed by atoms with Crippen molar-refractivity contribution >= 4 is 14.1 Å². The summed E-state index contributed by atoms with van der Waals surface area (Å²) in [7, 11) is -1.81. The van der Waals surface area contributed by atoms with Crippen molar-refractivity contribution in [1.82, 2.24) is 0 Å². The van der Waals surface area contributed by atoms with Crippen LogP contribution in [0, 0.1) is 23.2 Å². The number of fused-ring (bicyclic) bond motifs is 3. The number of carbonyl (C=O) groups excluding carboxylic acids is 1. The molecule has 0 aromatic carbocycles. The Morgan fingerprint density at radius 3 is 2.50 bits per heavy atom. The van der Waals surface area contributed by atoms with Crippen molar-refractivity contribution in [3.05, 3.63) is 11.6 Å². The molecule has 0 heterocycles. The molecular weight excluding hydrogens is 336 g/mol. The molecule has 3 aliphatic rings. The summed E-state index contributed by atoms with van der Waals surface area (Å²) in [6.07, 6.45) is 10.4. The number of allylic oxidation sites excluding steroid dienone is 2. The molecule has 0 aromatic rings. The van der Waals surface area contributed by atoms with Crippen molar-refractivity contribution in [2.45, 2.75) is 104 Å². The second kappa shape index (κ2) is 6.88. The van der Waals surface area contributed by atoms with Gasteiger partial charge < -0.3 is 4.43 Å². The summed E-state index contributed by atoms with van der Waals surface area (Å²) in [5, 5.41) is 0.224. The first-order chi connectivity index (χ1) is 11.9. The maximum Gasteiger partial charge on any atom is 0.192 e. The first-order valence-electron chi connectivity index (χ1n) is 10.8. The third kappa shape index (κ3) is 3.63. The Hall–Kier alpha value is -0.413. The van der Waals surface area contributed by atoms with Crippen molar-refractivity contribution in [3.63, 3.8) is 0 Å². The topological polar surface area (TPSA) is 26.3 Å². The Morgan fingerprint density at radius 1 is 1.15 bits per heavy atom. The molecule has 2 fully saturated rings. The maximum absolute atomic E-state index is 13.3. The molecule has 0 saturated heterocycles. The summed E-state index contributed by atoms with van der Waals surface area (Å²) < 4.78 is 6.89. The summed E-state index contributed by atoms with van der Waals surface area (Å²) in [4.78, 5) is 13.3. The van der Waals surface area contributed by atoms with Gasteiger partial charge in [-0.3, -0.25) is 4.79 Å². The van der Waals surface area contributed by atoms with Gasteiger partial charge in [0.25, 0.3) is 0 Å². The summed E-state index contributed by atoms with van der Waals surface area (Å²) in [5.74, 6) is 1.70. The van der Waals surface area contributed by atoms with Gasteiger partial charge in [-0.15, -0.1) is 0 Å². The largest absolute Gasteiger partial charge is 0.414 e. The van der Waals surface area contributed by atoms with Gasteiger partial charge in [0.2, 0.25) is 0 Å². The number of hydrogen-bond acceptors (Lipinski definition) is 2. The van der Waals surface area contributed by atoms with Crippen LogP contribution < -0.4 is 0 Å². The fourth-order valence-electron chi connectivity index (χ4n) is 5.31. The first-order valence-corrected chi connectivity index (χ1v) is 13.7. The van der Waals surface area contributed by atoms with Crippen LogP contribution in [0.3, 0.4) is 0 Å².